The fourth-order valence-electron chi connectivity index (χ4n) is 1.99. The summed E-state index contributed by atoms with van der Waals surface area (Å²) in [6, 6.07) is 6.16. The van der Waals surface area contributed by atoms with Gasteiger partial charge in [0, 0.05) is 10.0 Å². The zero-order chi connectivity index (χ0) is 14.5. The highest BCUT2D eigenvalue weighted by Gasteiger charge is 2.17. The second-order valence-electron chi connectivity index (χ2n) is 4.82. The molecule has 0 aliphatic rings. The van der Waals surface area contributed by atoms with E-state index in [0.717, 1.165) is 35.0 Å². The third kappa shape index (κ3) is 3.46. The molecular formula is C15H20BrN3O. The molecule has 0 fully saturated rings. The van der Waals surface area contributed by atoms with Gasteiger partial charge in [0.05, 0.1) is 6.04 Å². The minimum atomic E-state index is 0.132. The topological polar surface area (TPSA) is 51.0 Å². The first-order chi connectivity index (χ1) is 9.65. The summed E-state index contributed by atoms with van der Waals surface area (Å²) < 4.78 is 6.90. The number of halogens is 1. The van der Waals surface area contributed by atoms with Crippen LogP contribution in [0.3, 0.4) is 0 Å². The van der Waals surface area contributed by atoms with Gasteiger partial charge in [-0.2, -0.15) is 0 Å². The number of benzene rings is 1. The maximum atomic E-state index is 5.81. The van der Waals surface area contributed by atoms with Crippen LogP contribution in [0, 0.1) is 6.92 Å². The van der Waals surface area contributed by atoms with Crippen molar-refractivity contribution in [2.75, 3.05) is 6.54 Å². The summed E-state index contributed by atoms with van der Waals surface area (Å²) >= 11 is 3.49. The minimum Gasteiger partial charge on any atom is -0.419 e. The fourth-order valence-corrected chi connectivity index (χ4v) is 2.24. The fraction of sp³-hybridized carbons (Fsp3) is 0.467. The van der Waals surface area contributed by atoms with Crippen LogP contribution >= 0.6 is 15.9 Å². The van der Waals surface area contributed by atoms with Gasteiger partial charge >= 0.3 is 0 Å². The van der Waals surface area contributed by atoms with E-state index in [-0.39, 0.29) is 6.04 Å². The van der Waals surface area contributed by atoms with Gasteiger partial charge in [0.2, 0.25) is 11.8 Å². The molecule has 0 saturated heterocycles. The minimum absolute atomic E-state index is 0.132. The molecule has 108 valence electrons. The third-order valence-electron chi connectivity index (χ3n) is 3.19. The summed E-state index contributed by atoms with van der Waals surface area (Å²) in [6.07, 6.45) is 2.02. The standard InChI is InChI=1S/C15H20BrN3O/c1-4-8-17-13(5-2)15-19-18-14(20-15)11-6-7-12(16)10(3)9-11/h6-7,9,13,17H,4-5,8H2,1-3H3. The summed E-state index contributed by atoms with van der Waals surface area (Å²) in [5.74, 6) is 1.24. The van der Waals surface area contributed by atoms with Crippen LogP contribution in [0.4, 0.5) is 0 Å². The monoisotopic (exact) mass is 337 g/mol. The predicted octanol–water partition coefficient (Wildman–Crippen LogP) is 4.26. The van der Waals surface area contributed by atoms with Crippen molar-refractivity contribution in [1.82, 2.24) is 15.5 Å². The molecule has 2 aromatic rings. The second-order valence-corrected chi connectivity index (χ2v) is 5.68. The predicted molar refractivity (Wildman–Crippen MR) is 83.5 cm³/mol. The van der Waals surface area contributed by atoms with E-state index in [9.17, 15) is 0 Å². The first-order valence-electron chi connectivity index (χ1n) is 6.99. The van der Waals surface area contributed by atoms with Crippen LogP contribution in [0.5, 0.6) is 0 Å². The highest BCUT2D eigenvalue weighted by atomic mass is 79.9. The van der Waals surface area contributed by atoms with Crippen molar-refractivity contribution in [2.24, 2.45) is 0 Å². The molecule has 4 nitrogen and oxygen atoms in total. The van der Waals surface area contributed by atoms with Crippen molar-refractivity contribution in [3.8, 4) is 11.5 Å². The number of nitrogens with zero attached hydrogens (tertiary/aromatic N) is 2. The zero-order valence-corrected chi connectivity index (χ0v) is 13.7. The van der Waals surface area contributed by atoms with Gasteiger partial charge < -0.3 is 9.73 Å². The molecule has 1 N–H and O–H groups in total. The van der Waals surface area contributed by atoms with Gasteiger partial charge in [-0.05, 0) is 50.1 Å². The van der Waals surface area contributed by atoms with Gasteiger partial charge in [-0.15, -0.1) is 10.2 Å². The molecule has 0 bridgehead atoms. The molecule has 0 aliphatic heterocycles. The summed E-state index contributed by atoms with van der Waals surface area (Å²) in [6.45, 7) is 7.25. The number of hydrogen-bond acceptors (Lipinski definition) is 4. The average Bonchev–Trinajstić information content (AvgIpc) is 2.92. The van der Waals surface area contributed by atoms with Gasteiger partial charge in [0.25, 0.3) is 0 Å². The van der Waals surface area contributed by atoms with E-state index in [2.05, 4.69) is 45.3 Å². The Kier molecular flexibility index (Phi) is 5.31. The second kappa shape index (κ2) is 6.99. The number of hydrogen-bond donors (Lipinski definition) is 1. The summed E-state index contributed by atoms with van der Waals surface area (Å²) in [4.78, 5) is 0. The first-order valence-corrected chi connectivity index (χ1v) is 7.78. The highest BCUT2D eigenvalue weighted by Crippen LogP contribution is 2.26. The van der Waals surface area contributed by atoms with Crippen LogP contribution in [-0.4, -0.2) is 16.7 Å². The van der Waals surface area contributed by atoms with E-state index < -0.39 is 0 Å². The summed E-state index contributed by atoms with van der Waals surface area (Å²) in [5, 5.41) is 11.8. The van der Waals surface area contributed by atoms with Gasteiger partial charge in [-0.3, -0.25) is 0 Å². The Labute approximate surface area is 128 Å². The smallest absolute Gasteiger partial charge is 0.247 e. The van der Waals surface area contributed by atoms with E-state index in [0.29, 0.717) is 11.8 Å². The van der Waals surface area contributed by atoms with Gasteiger partial charge in [-0.25, -0.2) is 0 Å². The lowest BCUT2D eigenvalue weighted by Gasteiger charge is -2.11. The lowest BCUT2D eigenvalue weighted by atomic mass is 10.1. The Bertz CT molecular complexity index is 568. The number of aryl methyl sites for hydroxylation is 1. The van der Waals surface area contributed by atoms with Crippen LogP contribution in [0.15, 0.2) is 27.1 Å². The normalized spacial score (nSPS) is 12.6. The van der Waals surface area contributed by atoms with E-state index in [1.54, 1.807) is 0 Å². The van der Waals surface area contributed by atoms with E-state index in [4.69, 9.17) is 4.42 Å². The number of rotatable bonds is 6. The van der Waals surface area contributed by atoms with E-state index >= 15 is 0 Å². The number of aromatic nitrogens is 2. The Morgan fingerprint density at radius 1 is 1.30 bits per heavy atom. The van der Waals surface area contributed by atoms with Gasteiger partial charge in [0.15, 0.2) is 0 Å². The average molecular weight is 338 g/mol. The molecule has 2 rings (SSSR count). The summed E-state index contributed by atoms with van der Waals surface area (Å²) in [7, 11) is 0. The number of nitrogens with one attached hydrogen (secondary N) is 1. The Morgan fingerprint density at radius 3 is 2.75 bits per heavy atom. The van der Waals surface area contributed by atoms with Gasteiger partial charge in [0.1, 0.15) is 0 Å². The van der Waals surface area contributed by atoms with E-state index in [1.165, 1.54) is 0 Å². The van der Waals surface area contributed by atoms with Crippen molar-refractivity contribution in [2.45, 2.75) is 39.7 Å². The van der Waals surface area contributed by atoms with Crippen LogP contribution in [0.1, 0.15) is 44.2 Å². The summed E-state index contributed by atoms with van der Waals surface area (Å²) in [5.41, 5.74) is 2.10. The molecule has 1 atom stereocenters. The van der Waals surface area contributed by atoms with Crippen molar-refractivity contribution in [3.63, 3.8) is 0 Å². The Hall–Kier alpha value is -1.20. The van der Waals surface area contributed by atoms with E-state index in [1.807, 2.05) is 25.1 Å². The third-order valence-corrected chi connectivity index (χ3v) is 4.08. The molecule has 0 radical (unpaired) electrons. The largest absolute Gasteiger partial charge is 0.419 e. The Balaban J connectivity index is 2.20. The van der Waals surface area contributed by atoms with Crippen molar-refractivity contribution < 1.29 is 4.42 Å². The van der Waals surface area contributed by atoms with Crippen LogP contribution in [0.2, 0.25) is 0 Å². The van der Waals surface area contributed by atoms with Crippen LogP contribution in [-0.2, 0) is 0 Å². The lowest BCUT2D eigenvalue weighted by molar-refractivity contribution is 0.396. The molecule has 1 unspecified atom stereocenters. The molecule has 0 saturated carbocycles. The molecule has 20 heavy (non-hydrogen) atoms. The maximum absolute atomic E-state index is 5.81. The van der Waals surface area contributed by atoms with Crippen molar-refractivity contribution in [3.05, 3.63) is 34.1 Å². The quantitative estimate of drug-likeness (QED) is 0.855. The van der Waals surface area contributed by atoms with Crippen molar-refractivity contribution in [1.29, 1.82) is 0 Å². The lowest BCUT2D eigenvalue weighted by Crippen LogP contribution is -2.21. The van der Waals surface area contributed by atoms with Crippen molar-refractivity contribution >= 4 is 15.9 Å². The molecule has 1 heterocycles. The molecule has 1 aromatic heterocycles. The van der Waals surface area contributed by atoms with Crippen LogP contribution in [0.25, 0.3) is 11.5 Å². The molecule has 0 amide bonds. The first kappa shape index (κ1) is 15.2. The van der Waals surface area contributed by atoms with Gasteiger partial charge in [-0.1, -0.05) is 29.8 Å². The molecule has 5 heteroatoms. The highest BCUT2D eigenvalue weighted by molar-refractivity contribution is 9.10. The molecular weight excluding hydrogens is 318 g/mol. The van der Waals surface area contributed by atoms with Crippen LogP contribution < -0.4 is 5.32 Å². The molecule has 0 aliphatic carbocycles. The maximum Gasteiger partial charge on any atom is 0.247 e. The zero-order valence-electron chi connectivity index (χ0n) is 12.1. The molecule has 0 spiro atoms. The SMILES string of the molecule is CCCNC(CC)c1nnc(-c2ccc(Br)c(C)c2)o1. The molecule has 1 aromatic carbocycles. The Morgan fingerprint density at radius 2 is 2.10 bits per heavy atom.